The summed E-state index contributed by atoms with van der Waals surface area (Å²) in [5.41, 5.74) is 1.37. The summed E-state index contributed by atoms with van der Waals surface area (Å²) in [5, 5.41) is 12.1. The Kier molecular flexibility index (Phi) is 13.0. The molecular formula is C20H34Cl2N3O9P2+. The number of aliphatic hydroxyl groups is 1. The van der Waals surface area contributed by atoms with Crippen molar-refractivity contribution in [3.8, 4) is 0 Å². The van der Waals surface area contributed by atoms with Crippen LogP contribution in [0.3, 0.4) is 0 Å². The number of amides is 2. The number of alkyl halides is 2. The van der Waals surface area contributed by atoms with E-state index in [9.17, 15) is 23.8 Å². The van der Waals surface area contributed by atoms with Gasteiger partial charge < -0.3 is 35.3 Å². The molecule has 0 aliphatic rings. The highest BCUT2D eigenvalue weighted by Gasteiger charge is 2.58. The lowest BCUT2D eigenvalue weighted by molar-refractivity contribution is -0.121. The molecule has 206 valence electrons. The van der Waals surface area contributed by atoms with Crippen LogP contribution in [0, 0.1) is 0 Å². The lowest BCUT2D eigenvalue weighted by Crippen LogP contribution is -2.50. The van der Waals surface area contributed by atoms with Gasteiger partial charge in [-0.05, 0) is 38.3 Å². The molecule has 7 N–H and O–H groups in total. The summed E-state index contributed by atoms with van der Waals surface area (Å²) in [5.74, 6) is 0.241. The van der Waals surface area contributed by atoms with Gasteiger partial charge in [-0.25, -0.2) is 9.28 Å². The van der Waals surface area contributed by atoms with Crippen LogP contribution in [0.25, 0.3) is 0 Å². The fraction of sp³-hybridized carbons (Fsp3) is 0.600. The Hall–Kier alpha value is -1.04. The number of benzene rings is 1. The van der Waals surface area contributed by atoms with Crippen LogP contribution in [0.15, 0.2) is 24.3 Å². The first-order valence-corrected chi connectivity index (χ1v) is 15.4. The van der Waals surface area contributed by atoms with Gasteiger partial charge >= 0.3 is 21.6 Å². The quantitative estimate of drug-likeness (QED) is 0.0463. The zero-order valence-corrected chi connectivity index (χ0v) is 23.1. The molecule has 0 unspecified atom stereocenters. The van der Waals surface area contributed by atoms with Crippen LogP contribution in [-0.4, -0.2) is 79.5 Å². The van der Waals surface area contributed by atoms with E-state index in [2.05, 4.69) is 10.6 Å². The lowest BCUT2D eigenvalue weighted by Gasteiger charge is -2.30. The molecule has 12 nitrogen and oxygen atoms in total. The Morgan fingerprint density at radius 2 is 1.56 bits per heavy atom. The van der Waals surface area contributed by atoms with Crippen LogP contribution in [0.5, 0.6) is 0 Å². The average Bonchev–Trinajstić information content (AvgIpc) is 2.79. The molecule has 0 aliphatic heterocycles. The standard InChI is InChI=1S/C20H33Cl2N3O9P2/c1-16(24-17-5-7-18(8-6-17)25(15-26,13-10-21)14-11-22)19(27)23-12-4-2-3-9-20(28,35(29,30)31)36(32,33)34/h5-8,15-16,24,28H,2-4,9-14H2,1H3,(H4-,23,27,29,30,31,32,33,34)/p+1/t16-/m0/s1. The average molecular weight is 593 g/mol. The summed E-state index contributed by atoms with van der Waals surface area (Å²) in [6.07, 6.45) is 0.564. The fourth-order valence-corrected chi connectivity index (χ4v) is 6.36. The fourth-order valence-electron chi connectivity index (χ4n) is 3.50. The number of hydrogen-bond donors (Lipinski definition) is 7. The second-order valence-corrected chi connectivity index (χ2v) is 13.1. The van der Waals surface area contributed by atoms with Gasteiger partial charge in [-0.1, -0.05) is 6.42 Å². The third-order valence-electron chi connectivity index (χ3n) is 5.75. The summed E-state index contributed by atoms with van der Waals surface area (Å²) in [6.45, 7) is 2.64. The minimum Gasteiger partial charge on any atom is -0.374 e. The molecule has 1 aromatic rings. The molecule has 16 heteroatoms. The molecule has 0 radical (unpaired) electrons. The monoisotopic (exact) mass is 592 g/mol. The van der Waals surface area contributed by atoms with Crippen molar-refractivity contribution in [1.29, 1.82) is 0 Å². The van der Waals surface area contributed by atoms with Crippen molar-refractivity contribution < 1.29 is 43.4 Å². The Balaban J connectivity index is 2.55. The van der Waals surface area contributed by atoms with Crippen molar-refractivity contribution >= 4 is 62.1 Å². The molecule has 0 saturated carbocycles. The smallest absolute Gasteiger partial charge is 0.369 e. The van der Waals surface area contributed by atoms with Gasteiger partial charge in [0.25, 0.3) is 5.08 Å². The third-order valence-corrected chi connectivity index (χ3v) is 9.96. The van der Waals surface area contributed by atoms with Gasteiger partial charge in [0.05, 0.1) is 11.8 Å². The van der Waals surface area contributed by atoms with E-state index >= 15 is 0 Å². The molecule has 0 fully saturated rings. The maximum Gasteiger partial charge on any atom is 0.369 e. The summed E-state index contributed by atoms with van der Waals surface area (Å²) >= 11 is 11.7. The van der Waals surface area contributed by atoms with Gasteiger partial charge in [-0.15, -0.1) is 23.2 Å². The van der Waals surface area contributed by atoms with Crippen molar-refractivity contribution in [2.75, 3.05) is 36.7 Å². The highest BCUT2D eigenvalue weighted by molar-refractivity contribution is 7.72. The van der Waals surface area contributed by atoms with E-state index in [1.807, 2.05) is 0 Å². The first-order valence-electron chi connectivity index (χ1n) is 11.1. The first kappa shape index (κ1) is 33.0. The molecule has 0 heterocycles. The second-order valence-electron chi connectivity index (χ2n) is 8.34. The van der Waals surface area contributed by atoms with Crippen LogP contribution in [-0.2, 0) is 18.7 Å². The highest BCUT2D eigenvalue weighted by atomic mass is 35.5. The van der Waals surface area contributed by atoms with Gasteiger partial charge in [0, 0.05) is 24.4 Å². The normalized spacial score (nSPS) is 13.8. The predicted octanol–water partition coefficient (Wildman–Crippen LogP) is 2.11. The van der Waals surface area contributed by atoms with E-state index in [-0.39, 0.29) is 41.5 Å². The molecule has 2 amide bonds. The zero-order chi connectivity index (χ0) is 27.6. The maximum absolute atomic E-state index is 12.3. The van der Waals surface area contributed by atoms with Crippen LogP contribution < -0.4 is 15.1 Å². The molecule has 0 aliphatic carbocycles. The number of anilines is 1. The molecule has 0 spiro atoms. The van der Waals surface area contributed by atoms with E-state index < -0.39 is 32.7 Å². The Labute approximate surface area is 219 Å². The highest BCUT2D eigenvalue weighted by Crippen LogP contribution is 2.69. The van der Waals surface area contributed by atoms with Crippen molar-refractivity contribution in [1.82, 2.24) is 9.80 Å². The van der Waals surface area contributed by atoms with E-state index in [1.54, 1.807) is 31.2 Å². The number of nitrogens with zero attached hydrogens (tertiary/aromatic N) is 1. The first-order chi connectivity index (χ1) is 16.7. The van der Waals surface area contributed by atoms with Gasteiger partial charge in [-0.2, -0.15) is 0 Å². The molecule has 0 aromatic heterocycles. The number of carbonyl (C=O) groups is 2. The molecule has 0 bridgehead atoms. The Morgan fingerprint density at radius 1 is 1.03 bits per heavy atom. The largest absolute Gasteiger partial charge is 0.374 e. The van der Waals surface area contributed by atoms with Crippen molar-refractivity contribution in [3.05, 3.63) is 24.3 Å². The van der Waals surface area contributed by atoms with E-state index in [4.69, 9.17) is 42.8 Å². The summed E-state index contributed by atoms with van der Waals surface area (Å²) in [4.78, 5) is 60.6. The van der Waals surface area contributed by atoms with E-state index in [0.717, 1.165) is 12.1 Å². The van der Waals surface area contributed by atoms with Crippen molar-refractivity contribution in [2.45, 2.75) is 43.7 Å². The molecule has 1 rings (SSSR count). The van der Waals surface area contributed by atoms with Crippen LogP contribution in [0.4, 0.5) is 11.4 Å². The minimum absolute atomic E-state index is 0.0109. The number of rotatable bonds is 17. The van der Waals surface area contributed by atoms with Gasteiger partial charge in [-0.3, -0.25) is 13.9 Å². The molecule has 0 saturated heterocycles. The summed E-state index contributed by atoms with van der Waals surface area (Å²) in [7, 11) is -10.9. The van der Waals surface area contributed by atoms with Crippen molar-refractivity contribution in [3.63, 3.8) is 0 Å². The number of carbonyl (C=O) groups excluding carboxylic acids is 2. The van der Waals surface area contributed by atoms with Crippen molar-refractivity contribution in [2.24, 2.45) is 0 Å². The number of quaternary nitrogens is 1. The molecular weight excluding hydrogens is 559 g/mol. The van der Waals surface area contributed by atoms with Gasteiger partial charge in [0.2, 0.25) is 5.91 Å². The van der Waals surface area contributed by atoms with Crippen LogP contribution >= 0.6 is 38.4 Å². The number of nitrogens with one attached hydrogen (secondary N) is 2. The van der Waals surface area contributed by atoms with Crippen LogP contribution in [0.2, 0.25) is 0 Å². The SMILES string of the molecule is C[C@H](Nc1ccc([N+](C=O)(CCCl)CCCl)cc1)C(=O)NCCCCCC(O)(P(=O)(O)O)P(=O)(O)O. The molecule has 36 heavy (non-hydrogen) atoms. The minimum atomic E-state index is -5.46. The zero-order valence-electron chi connectivity index (χ0n) is 19.8. The second kappa shape index (κ2) is 14.2. The van der Waals surface area contributed by atoms with Gasteiger partial charge in [0.1, 0.15) is 24.8 Å². The maximum atomic E-state index is 12.3. The van der Waals surface area contributed by atoms with E-state index in [1.165, 1.54) is 0 Å². The number of hydrogen-bond acceptors (Lipinski definition) is 6. The Bertz CT molecular complexity index is 928. The molecule has 1 atom stereocenters. The summed E-state index contributed by atoms with van der Waals surface area (Å²) in [6, 6.07) is 6.39. The third kappa shape index (κ3) is 8.77. The van der Waals surface area contributed by atoms with Gasteiger partial charge in [0.15, 0.2) is 0 Å². The van der Waals surface area contributed by atoms with E-state index in [0.29, 0.717) is 25.2 Å². The lowest BCUT2D eigenvalue weighted by atomic mass is 10.2. The topological polar surface area (TPSA) is 193 Å². The molecule has 1 aromatic carbocycles. The number of unbranched alkanes of at least 4 members (excludes halogenated alkanes) is 2. The Morgan fingerprint density at radius 3 is 2.00 bits per heavy atom. The predicted molar refractivity (Wildman–Crippen MR) is 139 cm³/mol. The number of halogens is 2. The van der Waals surface area contributed by atoms with Crippen LogP contribution in [0.1, 0.15) is 32.6 Å². The summed E-state index contributed by atoms with van der Waals surface area (Å²) < 4.78 is 22.7.